The molecule has 5 rings (SSSR count). The summed E-state index contributed by atoms with van der Waals surface area (Å²) in [4.78, 5) is 15.8. The van der Waals surface area contributed by atoms with Crippen molar-refractivity contribution in [1.82, 2.24) is 14.5 Å². The monoisotopic (exact) mass is 493 g/mol. The topological polar surface area (TPSA) is 95.9 Å². The van der Waals surface area contributed by atoms with Gasteiger partial charge < -0.3 is 14.5 Å². The van der Waals surface area contributed by atoms with E-state index in [4.69, 9.17) is 4.74 Å². The number of hydrogen-bond donors (Lipinski definition) is 0. The average molecular weight is 494 g/mol. The molecular weight excluding hydrogens is 466 g/mol. The SMILES string of the molecule is COc1ccc(-c2ccc(N3CCN(S(=O)(=O)c4ccc5c(c4)CCN5C(C)=O)CC3)nn2)cc1. The van der Waals surface area contributed by atoms with Crippen molar-refractivity contribution < 1.29 is 17.9 Å². The van der Waals surface area contributed by atoms with E-state index in [1.807, 2.05) is 41.3 Å². The fourth-order valence-electron chi connectivity index (χ4n) is 4.58. The zero-order valence-electron chi connectivity index (χ0n) is 19.7. The minimum absolute atomic E-state index is 0.0318. The summed E-state index contributed by atoms with van der Waals surface area (Å²) in [5, 5.41) is 8.73. The predicted molar refractivity (Wildman–Crippen MR) is 133 cm³/mol. The Kier molecular flexibility index (Phi) is 6.16. The van der Waals surface area contributed by atoms with Crippen molar-refractivity contribution in [2.45, 2.75) is 18.2 Å². The second-order valence-electron chi connectivity index (χ2n) is 8.61. The maximum absolute atomic E-state index is 13.3. The number of piperazine rings is 1. The first-order valence-corrected chi connectivity index (χ1v) is 12.9. The third-order valence-corrected chi connectivity index (χ3v) is 8.46. The van der Waals surface area contributed by atoms with Gasteiger partial charge in [-0.15, -0.1) is 10.2 Å². The highest BCUT2D eigenvalue weighted by Crippen LogP contribution is 2.31. The first-order valence-electron chi connectivity index (χ1n) is 11.5. The number of rotatable bonds is 5. The molecular formula is C25H27N5O4S. The van der Waals surface area contributed by atoms with Crippen LogP contribution in [-0.2, 0) is 21.2 Å². The molecule has 9 nitrogen and oxygen atoms in total. The molecule has 1 saturated heterocycles. The highest BCUT2D eigenvalue weighted by Gasteiger charge is 2.31. The number of aromatic nitrogens is 2. The maximum atomic E-state index is 13.3. The third kappa shape index (κ3) is 4.46. The third-order valence-electron chi connectivity index (χ3n) is 6.56. The lowest BCUT2D eigenvalue weighted by molar-refractivity contribution is -0.116. The smallest absolute Gasteiger partial charge is 0.243 e. The molecule has 0 unspecified atom stereocenters. The molecule has 2 aromatic carbocycles. The van der Waals surface area contributed by atoms with Crippen molar-refractivity contribution in [3.05, 3.63) is 60.2 Å². The van der Waals surface area contributed by atoms with Crippen molar-refractivity contribution in [3.63, 3.8) is 0 Å². The van der Waals surface area contributed by atoms with Crippen LogP contribution in [0.15, 0.2) is 59.5 Å². The van der Waals surface area contributed by atoms with E-state index >= 15 is 0 Å². The second-order valence-corrected chi connectivity index (χ2v) is 10.5. The zero-order chi connectivity index (χ0) is 24.6. The van der Waals surface area contributed by atoms with Crippen LogP contribution in [0, 0.1) is 0 Å². The van der Waals surface area contributed by atoms with Crippen molar-refractivity contribution >= 4 is 27.4 Å². The van der Waals surface area contributed by atoms with Crippen LogP contribution in [-0.4, -0.2) is 68.7 Å². The molecule has 0 bridgehead atoms. The quantitative estimate of drug-likeness (QED) is 0.539. The number of sulfonamides is 1. The Morgan fingerprint density at radius 1 is 0.914 bits per heavy atom. The Hall–Kier alpha value is -3.50. The number of methoxy groups -OCH3 is 1. The predicted octanol–water partition coefficient (Wildman–Crippen LogP) is 2.57. The summed E-state index contributed by atoms with van der Waals surface area (Å²) < 4.78 is 33.3. The van der Waals surface area contributed by atoms with Gasteiger partial charge in [-0.05, 0) is 66.6 Å². The lowest BCUT2D eigenvalue weighted by atomic mass is 10.1. The van der Waals surface area contributed by atoms with E-state index in [9.17, 15) is 13.2 Å². The molecule has 0 saturated carbocycles. The normalized spacial score (nSPS) is 16.3. The highest BCUT2D eigenvalue weighted by atomic mass is 32.2. The minimum atomic E-state index is -3.62. The number of ether oxygens (including phenoxy) is 1. The molecule has 3 heterocycles. The van der Waals surface area contributed by atoms with E-state index in [0.29, 0.717) is 39.1 Å². The summed E-state index contributed by atoms with van der Waals surface area (Å²) in [6, 6.07) is 16.5. The lowest BCUT2D eigenvalue weighted by Gasteiger charge is -2.34. The molecule has 2 aliphatic heterocycles. The summed E-state index contributed by atoms with van der Waals surface area (Å²) in [5.41, 5.74) is 3.41. The van der Waals surface area contributed by atoms with Gasteiger partial charge in [0.1, 0.15) is 5.75 Å². The van der Waals surface area contributed by atoms with Crippen molar-refractivity contribution in [2.24, 2.45) is 0 Å². The standard InChI is InChI=1S/C25H27N5O4S/c1-18(31)30-12-11-20-17-22(7-9-24(20)30)35(32,33)29-15-13-28(14-16-29)25-10-8-23(26-27-25)19-3-5-21(34-2)6-4-19/h3-10,17H,11-16H2,1-2H3. The Bertz CT molecular complexity index is 1340. The number of carbonyl (C=O) groups excluding carboxylic acids is 1. The van der Waals surface area contributed by atoms with Crippen LogP contribution in [0.3, 0.4) is 0 Å². The molecule has 182 valence electrons. The van der Waals surface area contributed by atoms with Crippen molar-refractivity contribution in [2.75, 3.05) is 49.6 Å². The number of hydrogen-bond acceptors (Lipinski definition) is 7. The van der Waals surface area contributed by atoms with E-state index in [0.717, 1.165) is 34.1 Å². The molecule has 1 aromatic heterocycles. The van der Waals surface area contributed by atoms with Gasteiger partial charge >= 0.3 is 0 Å². The largest absolute Gasteiger partial charge is 0.497 e. The fraction of sp³-hybridized carbons (Fsp3) is 0.320. The van der Waals surface area contributed by atoms with Crippen LogP contribution in [0.25, 0.3) is 11.3 Å². The van der Waals surface area contributed by atoms with Gasteiger partial charge in [-0.25, -0.2) is 8.42 Å². The van der Waals surface area contributed by atoms with Crippen LogP contribution in [0.5, 0.6) is 5.75 Å². The Labute approximate surface area is 205 Å². The molecule has 0 radical (unpaired) electrons. The number of nitrogens with zero attached hydrogens (tertiary/aromatic N) is 5. The summed E-state index contributed by atoms with van der Waals surface area (Å²) in [6.45, 7) is 3.89. The lowest BCUT2D eigenvalue weighted by Crippen LogP contribution is -2.49. The number of carbonyl (C=O) groups is 1. The molecule has 0 N–H and O–H groups in total. The maximum Gasteiger partial charge on any atom is 0.243 e. The zero-order valence-corrected chi connectivity index (χ0v) is 20.5. The molecule has 35 heavy (non-hydrogen) atoms. The Balaban J connectivity index is 1.25. The molecule has 2 aliphatic rings. The molecule has 0 spiro atoms. The highest BCUT2D eigenvalue weighted by molar-refractivity contribution is 7.89. The van der Waals surface area contributed by atoms with Gasteiger partial charge in [0.25, 0.3) is 0 Å². The summed E-state index contributed by atoms with van der Waals surface area (Å²) >= 11 is 0. The van der Waals surface area contributed by atoms with E-state index in [-0.39, 0.29) is 10.8 Å². The molecule has 3 aromatic rings. The minimum Gasteiger partial charge on any atom is -0.497 e. The number of benzene rings is 2. The molecule has 0 atom stereocenters. The molecule has 0 aliphatic carbocycles. The summed E-state index contributed by atoms with van der Waals surface area (Å²) in [6.07, 6.45) is 0.664. The van der Waals surface area contributed by atoms with Crippen LogP contribution in [0.4, 0.5) is 11.5 Å². The fourth-order valence-corrected chi connectivity index (χ4v) is 6.06. The summed E-state index contributed by atoms with van der Waals surface area (Å²) in [7, 11) is -1.99. The van der Waals surface area contributed by atoms with Crippen LogP contribution in [0.2, 0.25) is 0 Å². The number of fused-ring (bicyclic) bond motifs is 1. The molecule has 1 fully saturated rings. The average Bonchev–Trinajstić information content (AvgIpc) is 3.33. The molecule has 10 heteroatoms. The van der Waals surface area contributed by atoms with Crippen LogP contribution >= 0.6 is 0 Å². The first kappa shape index (κ1) is 23.3. The Morgan fingerprint density at radius 3 is 2.29 bits per heavy atom. The van der Waals surface area contributed by atoms with Gasteiger partial charge in [0.05, 0.1) is 17.7 Å². The van der Waals surface area contributed by atoms with Gasteiger partial charge in [0.15, 0.2) is 5.82 Å². The second kappa shape index (κ2) is 9.27. The van der Waals surface area contributed by atoms with Gasteiger partial charge in [-0.2, -0.15) is 4.31 Å². The van der Waals surface area contributed by atoms with Crippen molar-refractivity contribution in [3.8, 4) is 17.0 Å². The van der Waals surface area contributed by atoms with Gasteiger partial charge in [-0.3, -0.25) is 4.79 Å². The molecule has 1 amide bonds. The van der Waals surface area contributed by atoms with Gasteiger partial charge in [0, 0.05) is 50.9 Å². The first-order chi connectivity index (χ1) is 16.9. The Morgan fingerprint density at radius 2 is 1.66 bits per heavy atom. The number of anilines is 2. The van der Waals surface area contributed by atoms with E-state index in [1.165, 1.54) is 11.2 Å². The van der Waals surface area contributed by atoms with Crippen molar-refractivity contribution in [1.29, 1.82) is 0 Å². The van der Waals surface area contributed by atoms with Crippen LogP contribution < -0.4 is 14.5 Å². The number of amides is 1. The van der Waals surface area contributed by atoms with Crippen LogP contribution in [0.1, 0.15) is 12.5 Å². The van der Waals surface area contributed by atoms with E-state index in [1.54, 1.807) is 30.2 Å². The van der Waals surface area contributed by atoms with E-state index < -0.39 is 10.0 Å². The summed E-state index contributed by atoms with van der Waals surface area (Å²) in [5.74, 6) is 1.47. The van der Waals surface area contributed by atoms with Gasteiger partial charge in [0.2, 0.25) is 15.9 Å². The van der Waals surface area contributed by atoms with Gasteiger partial charge in [-0.1, -0.05) is 0 Å². The van der Waals surface area contributed by atoms with E-state index in [2.05, 4.69) is 10.2 Å².